The summed E-state index contributed by atoms with van der Waals surface area (Å²) in [7, 11) is 0. The first kappa shape index (κ1) is 21.6. The summed E-state index contributed by atoms with van der Waals surface area (Å²) >= 11 is 5.92. The molecule has 0 radical (unpaired) electrons. The van der Waals surface area contributed by atoms with E-state index < -0.39 is 5.66 Å². The van der Waals surface area contributed by atoms with Crippen molar-refractivity contribution in [3.8, 4) is 0 Å². The summed E-state index contributed by atoms with van der Waals surface area (Å²) in [5, 5.41) is 3.66. The number of amides is 2. The number of hydrogen-bond acceptors (Lipinski definition) is 3. The molecule has 2 aromatic carbocycles. The van der Waals surface area contributed by atoms with E-state index in [1.165, 1.54) is 0 Å². The SMILES string of the molecule is CC1CCC2(CC1)N=C(c1ccccc1)C(=O)N2CC(=O)NCCc1ccc(Cl)cc1. The number of carbonyl (C=O) groups is 2. The van der Waals surface area contributed by atoms with Crippen molar-refractivity contribution in [2.24, 2.45) is 10.9 Å². The second kappa shape index (κ2) is 9.23. The van der Waals surface area contributed by atoms with Crippen LogP contribution in [0.15, 0.2) is 59.6 Å². The normalized spacial score (nSPS) is 23.2. The zero-order valence-corrected chi connectivity index (χ0v) is 18.6. The summed E-state index contributed by atoms with van der Waals surface area (Å²) < 4.78 is 0. The van der Waals surface area contributed by atoms with E-state index in [4.69, 9.17) is 16.6 Å². The predicted octanol–water partition coefficient (Wildman–Crippen LogP) is 4.24. The van der Waals surface area contributed by atoms with Gasteiger partial charge in [0, 0.05) is 17.1 Å². The van der Waals surface area contributed by atoms with Gasteiger partial charge in [0.15, 0.2) is 0 Å². The van der Waals surface area contributed by atoms with Crippen LogP contribution in [0.2, 0.25) is 5.02 Å². The fourth-order valence-corrected chi connectivity index (χ4v) is 4.57. The minimum atomic E-state index is -0.595. The number of rotatable bonds is 6. The molecular formula is C25H28ClN3O2. The molecule has 5 nitrogen and oxygen atoms in total. The van der Waals surface area contributed by atoms with Crippen LogP contribution in [-0.2, 0) is 16.0 Å². The third-order valence-electron chi connectivity index (χ3n) is 6.34. The number of nitrogens with zero attached hydrogens (tertiary/aromatic N) is 2. The average Bonchev–Trinajstić information content (AvgIpc) is 3.04. The Labute approximate surface area is 188 Å². The topological polar surface area (TPSA) is 61.8 Å². The highest BCUT2D eigenvalue weighted by atomic mass is 35.5. The third kappa shape index (κ3) is 4.82. The predicted molar refractivity (Wildman–Crippen MR) is 123 cm³/mol. The van der Waals surface area contributed by atoms with Gasteiger partial charge >= 0.3 is 0 Å². The summed E-state index contributed by atoms with van der Waals surface area (Å²) in [6.45, 7) is 2.78. The molecule has 2 aliphatic rings. The highest BCUT2D eigenvalue weighted by Crippen LogP contribution is 2.41. The standard InChI is InChI=1S/C25H28ClN3O2/c1-18-11-14-25(15-12-18)28-23(20-5-3-2-4-6-20)24(31)29(25)17-22(30)27-16-13-19-7-9-21(26)10-8-19/h2-10,18H,11-17H2,1H3,(H,27,30). The van der Waals surface area contributed by atoms with Crippen molar-refractivity contribution in [1.82, 2.24) is 10.2 Å². The van der Waals surface area contributed by atoms with Gasteiger partial charge in [-0.25, -0.2) is 0 Å². The molecule has 0 atom stereocenters. The first-order valence-corrected chi connectivity index (χ1v) is 11.3. The molecule has 1 N–H and O–H groups in total. The number of hydrogen-bond donors (Lipinski definition) is 1. The van der Waals surface area contributed by atoms with Crippen molar-refractivity contribution in [2.45, 2.75) is 44.7 Å². The van der Waals surface area contributed by atoms with E-state index in [1.807, 2.05) is 54.6 Å². The molecule has 1 heterocycles. The van der Waals surface area contributed by atoms with Crippen molar-refractivity contribution in [3.05, 3.63) is 70.7 Å². The molecule has 4 rings (SSSR count). The fraction of sp³-hybridized carbons (Fsp3) is 0.400. The Morgan fingerprint density at radius 2 is 1.81 bits per heavy atom. The van der Waals surface area contributed by atoms with E-state index in [0.717, 1.165) is 36.8 Å². The molecule has 2 aromatic rings. The summed E-state index contributed by atoms with van der Waals surface area (Å²) in [4.78, 5) is 32.7. The smallest absolute Gasteiger partial charge is 0.275 e. The zero-order valence-electron chi connectivity index (χ0n) is 17.8. The average molecular weight is 438 g/mol. The molecule has 0 bridgehead atoms. The first-order valence-electron chi connectivity index (χ1n) is 11.0. The Morgan fingerprint density at radius 3 is 2.48 bits per heavy atom. The van der Waals surface area contributed by atoms with Crippen LogP contribution >= 0.6 is 11.6 Å². The fourth-order valence-electron chi connectivity index (χ4n) is 4.44. The molecule has 0 aromatic heterocycles. The van der Waals surface area contributed by atoms with Gasteiger partial charge in [0.25, 0.3) is 5.91 Å². The highest BCUT2D eigenvalue weighted by molar-refractivity contribution is 6.47. The van der Waals surface area contributed by atoms with E-state index in [0.29, 0.717) is 29.6 Å². The molecule has 0 unspecified atom stereocenters. The molecule has 1 aliphatic heterocycles. The van der Waals surface area contributed by atoms with E-state index in [-0.39, 0.29) is 18.4 Å². The quantitative estimate of drug-likeness (QED) is 0.734. The Hall–Kier alpha value is -2.66. The molecular weight excluding hydrogens is 410 g/mol. The molecule has 1 aliphatic carbocycles. The van der Waals surface area contributed by atoms with Crippen molar-refractivity contribution in [3.63, 3.8) is 0 Å². The summed E-state index contributed by atoms with van der Waals surface area (Å²) in [5.74, 6) is 0.324. The minimum Gasteiger partial charge on any atom is -0.354 e. The zero-order chi connectivity index (χ0) is 21.8. The summed E-state index contributed by atoms with van der Waals surface area (Å²) in [6.07, 6.45) is 4.33. The van der Waals surface area contributed by atoms with Crippen LogP contribution in [0.25, 0.3) is 0 Å². The van der Waals surface area contributed by atoms with Gasteiger partial charge < -0.3 is 10.2 Å². The van der Waals surface area contributed by atoms with Crippen LogP contribution in [-0.4, -0.2) is 41.2 Å². The maximum atomic E-state index is 13.3. The van der Waals surface area contributed by atoms with Gasteiger partial charge in [-0.05, 0) is 55.7 Å². The van der Waals surface area contributed by atoms with Crippen LogP contribution in [0.3, 0.4) is 0 Å². The molecule has 2 amide bonds. The van der Waals surface area contributed by atoms with Gasteiger partial charge in [-0.15, -0.1) is 0 Å². The molecule has 0 saturated heterocycles. The summed E-state index contributed by atoms with van der Waals surface area (Å²) in [6, 6.07) is 17.2. The molecule has 162 valence electrons. The second-order valence-corrected chi connectivity index (χ2v) is 9.05. The van der Waals surface area contributed by atoms with E-state index in [9.17, 15) is 9.59 Å². The Bertz CT molecular complexity index is 964. The number of halogens is 1. The van der Waals surface area contributed by atoms with E-state index in [2.05, 4.69) is 12.2 Å². The number of aliphatic imine (C=N–C) groups is 1. The van der Waals surface area contributed by atoms with Crippen molar-refractivity contribution in [2.75, 3.05) is 13.1 Å². The van der Waals surface area contributed by atoms with Crippen LogP contribution in [0.1, 0.15) is 43.7 Å². The lowest BCUT2D eigenvalue weighted by molar-refractivity contribution is -0.136. The summed E-state index contributed by atoms with van der Waals surface area (Å²) in [5.41, 5.74) is 1.80. The second-order valence-electron chi connectivity index (χ2n) is 8.61. The van der Waals surface area contributed by atoms with Gasteiger partial charge in [-0.2, -0.15) is 0 Å². The lowest BCUT2D eigenvalue weighted by atomic mass is 9.82. The molecule has 1 fully saturated rings. The van der Waals surface area contributed by atoms with Gasteiger partial charge in [0.2, 0.25) is 5.91 Å². The molecule has 31 heavy (non-hydrogen) atoms. The Balaban J connectivity index is 1.44. The maximum Gasteiger partial charge on any atom is 0.275 e. The van der Waals surface area contributed by atoms with Crippen LogP contribution in [0.5, 0.6) is 0 Å². The van der Waals surface area contributed by atoms with Gasteiger partial charge in [-0.1, -0.05) is 61.0 Å². The van der Waals surface area contributed by atoms with E-state index in [1.54, 1.807) is 4.90 Å². The van der Waals surface area contributed by atoms with Crippen LogP contribution in [0, 0.1) is 5.92 Å². The van der Waals surface area contributed by atoms with E-state index >= 15 is 0 Å². The van der Waals surface area contributed by atoms with Crippen molar-refractivity contribution < 1.29 is 9.59 Å². The molecule has 6 heteroatoms. The van der Waals surface area contributed by atoms with Gasteiger partial charge in [0.05, 0.1) is 0 Å². The third-order valence-corrected chi connectivity index (χ3v) is 6.60. The van der Waals surface area contributed by atoms with Crippen LogP contribution in [0.4, 0.5) is 0 Å². The lowest BCUT2D eigenvalue weighted by Crippen LogP contribution is -2.52. The van der Waals surface area contributed by atoms with Crippen LogP contribution < -0.4 is 5.32 Å². The molecule has 1 saturated carbocycles. The minimum absolute atomic E-state index is 0.0354. The Kier molecular flexibility index (Phi) is 6.42. The highest BCUT2D eigenvalue weighted by Gasteiger charge is 2.49. The van der Waals surface area contributed by atoms with Crippen molar-refractivity contribution in [1.29, 1.82) is 0 Å². The van der Waals surface area contributed by atoms with Gasteiger partial charge in [0.1, 0.15) is 17.9 Å². The number of benzene rings is 2. The maximum absolute atomic E-state index is 13.3. The van der Waals surface area contributed by atoms with Gasteiger partial charge in [-0.3, -0.25) is 14.6 Å². The lowest BCUT2D eigenvalue weighted by Gasteiger charge is -2.40. The molecule has 1 spiro atoms. The van der Waals surface area contributed by atoms with Crippen molar-refractivity contribution >= 4 is 29.1 Å². The number of nitrogens with one attached hydrogen (secondary N) is 1. The number of carbonyl (C=O) groups excluding carboxylic acids is 2. The Morgan fingerprint density at radius 1 is 1.13 bits per heavy atom. The largest absolute Gasteiger partial charge is 0.354 e. The first-order chi connectivity index (χ1) is 15.0. The monoisotopic (exact) mass is 437 g/mol.